The van der Waals surface area contributed by atoms with E-state index in [0.717, 1.165) is 36.2 Å². The van der Waals surface area contributed by atoms with E-state index in [1.54, 1.807) is 16.8 Å². The van der Waals surface area contributed by atoms with Gasteiger partial charge in [-0.2, -0.15) is 9.29 Å². The van der Waals surface area contributed by atoms with Crippen LogP contribution in [-0.4, -0.2) is 70.5 Å². The Hall–Kier alpha value is -2.11. The zero-order valence-electron chi connectivity index (χ0n) is 17.5. The number of pyridine rings is 1. The van der Waals surface area contributed by atoms with E-state index in [2.05, 4.69) is 15.3 Å². The lowest BCUT2D eigenvalue weighted by Gasteiger charge is -2.33. The number of hydrogen-bond acceptors (Lipinski definition) is 7. The molecule has 31 heavy (non-hydrogen) atoms. The van der Waals surface area contributed by atoms with Crippen LogP contribution in [0.2, 0.25) is 0 Å². The molecule has 2 atom stereocenters. The summed E-state index contributed by atoms with van der Waals surface area (Å²) in [6.07, 6.45) is 5.71. The van der Waals surface area contributed by atoms with Gasteiger partial charge < -0.3 is 10.4 Å². The Bertz CT molecular complexity index is 1120. The molecule has 2 fully saturated rings. The molecule has 1 aliphatic carbocycles. The van der Waals surface area contributed by atoms with Crippen LogP contribution in [-0.2, 0) is 16.4 Å². The van der Waals surface area contributed by atoms with Crippen molar-refractivity contribution in [2.45, 2.75) is 56.8 Å². The molecule has 2 aliphatic rings. The van der Waals surface area contributed by atoms with Crippen LogP contribution in [0.5, 0.6) is 0 Å². The molecule has 9 nitrogen and oxygen atoms in total. The van der Waals surface area contributed by atoms with Gasteiger partial charge in [0.1, 0.15) is 11.8 Å². The average molecular weight is 454 g/mol. The molecule has 0 amide bonds. The highest BCUT2D eigenvalue weighted by molar-refractivity contribution is 7.88. The van der Waals surface area contributed by atoms with Crippen LogP contribution >= 0.6 is 0 Å². The first-order chi connectivity index (χ1) is 14.8. The summed E-state index contributed by atoms with van der Waals surface area (Å²) in [5.41, 5.74) is 0.881. The Kier molecular flexibility index (Phi) is 6.27. The van der Waals surface area contributed by atoms with Crippen molar-refractivity contribution in [1.82, 2.24) is 18.8 Å². The van der Waals surface area contributed by atoms with Gasteiger partial charge in [0.05, 0.1) is 12.3 Å². The standard InChI is InChI=1S/C20H28FN5O4S/c1-31(29,30)25-8-6-17(16(21)12-25)23-20-22-11-14-10-13(7-9-27)19(28)26(18(14)24-20)15-4-2-3-5-15/h10-11,15-17,27H,2-9,12H2,1H3,(H,22,23,24)/t16-,17-/m1/s1. The summed E-state index contributed by atoms with van der Waals surface area (Å²) in [6, 6.07) is 1.14. The summed E-state index contributed by atoms with van der Waals surface area (Å²) < 4.78 is 40.9. The predicted molar refractivity (Wildman–Crippen MR) is 115 cm³/mol. The van der Waals surface area contributed by atoms with Crippen molar-refractivity contribution in [3.8, 4) is 0 Å². The fourth-order valence-corrected chi connectivity index (χ4v) is 5.40. The number of anilines is 1. The second-order valence-electron chi connectivity index (χ2n) is 8.41. The van der Waals surface area contributed by atoms with E-state index in [0.29, 0.717) is 23.0 Å². The van der Waals surface area contributed by atoms with Gasteiger partial charge in [-0.25, -0.2) is 17.8 Å². The number of sulfonamides is 1. The monoisotopic (exact) mass is 453 g/mol. The largest absolute Gasteiger partial charge is 0.396 e. The number of nitrogens with one attached hydrogen (secondary N) is 1. The van der Waals surface area contributed by atoms with Gasteiger partial charge in [0.15, 0.2) is 0 Å². The first kappa shape index (κ1) is 22.1. The van der Waals surface area contributed by atoms with E-state index in [-0.39, 0.29) is 43.7 Å². The van der Waals surface area contributed by atoms with Crippen molar-refractivity contribution in [2.24, 2.45) is 0 Å². The van der Waals surface area contributed by atoms with Crippen LogP contribution in [0.15, 0.2) is 17.1 Å². The van der Waals surface area contributed by atoms with Gasteiger partial charge in [0, 0.05) is 49.3 Å². The Labute approximate surface area is 180 Å². The maximum absolute atomic E-state index is 14.7. The Morgan fingerprint density at radius 2 is 2.03 bits per heavy atom. The molecule has 11 heteroatoms. The molecule has 1 saturated heterocycles. The van der Waals surface area contributed by atoms with Crippen LogP contribution < -0.4 is 10.9 Å². The molecule has 0 bridgehead atoms. The first-order valence-electron chi connectivity index (χ1n) is 10.7. The third kappa shape index (κ3) is 4.58. The molecule has 0 unspecified atom stereocenters. The van der Waals surface area contributed by atoms with Crippen molar-refractivity contribution >= 4 is 27.0 Å². The van der Waals surface area contributed by atoms with Crippen molar-refractivity contribution < 1.29 is 17.9 Å². The lowest BCUT2D eigenvalue weighted by Crippen LogP contribution is -2.49. The molecule has 2 N–H and O–H groups in total. The molecule has 170 valence electrons. The van der Waals surface area contributed by atoms with Crippen molar-refractivity contribution in [1.29, 1.82) is 0 Å². The summed E-state index contributed by atoms with van der Waals surface area (Å²) in [4.78, 5) is 22.0. The summed E-state index contributed by atoms with van der Waals surface area (Å²) in [5, 5.41) is 13.0. The molecule has 0 radical (unpaired) electrons. The molecular formula is C20H28FN5O4S. The summed E-state index contributed by atoms with van der Waals surface area (Å²) in [7, 11) is -3.43. The van der Waals surface area contributed by atoms with Gasteiger partial charge >= 0.3 is 0 Å². The van der Waals surface area contributed by atoms with Crippen LogP contribution in [0.4, 0.5) is 10.3 Å². The quantitative estimate of drug-likeness (QED) is 0.675. The predicted octanol–water partition coefficient (Wildman–Crippen LogP) is 1.23. The SMILES string of the molecule is CS(=O)(=O)N1CC[C@@H](Nc2ncc3cc(CCO)c(=O)n(C4CCCC4)c3n2)[C@H](F)C1. The zero-order valence-corrected chi connectivity index (χ0v) is 18.3. The smallest absolute Gasteiger partial charge is 0.255 e. The number of hydrogen-bond donors (Lipinski definition) is 2. The molecule has 0 spiro atoms. The Morgan fingerprint density at radius 3 is 2.68 bits per heavy atom. The van der Waals surface area contributed by atoms with E-state index >= 15 is 0 Å². The van der Waals surface area contributed by atoms with Crippen molar-refractivity contribution in [3.63, 3.8) is 0 Å². The lowest BCUT2D eigenvalue weighted by atomic mass is 10.1. The van der Waals surface area contributed by atoms with Crippen LogP contribution in [0.3, 0.4) is 0 Å². The van der Waals surface area contributed by atoms with Crippen molar-refractivity contribution in [3.05, 3.63) is 28.2 Å². The van der Waals surface area contributed by atoms with Crippen LogP contribution in [0, 0.1) is 0 Å². The maximum atomic E-state index is 14.7. The highest BCUT2D eigenvalue weighted by atomic mass is 32.2. The number of aliphatic hydroxyl groups excluding tert-OH is 1. The van der Waals surface area contributed by atoms with E-state index in [1.807, 2.05) is 0 Å². The molecular weight excluding hydrogens is 425 g/mol. The van der Waals surface area contributed by atoms with Gasteiger partial charge in [0.25, 0.3) is 5.56 Å². The zero-order chi connectivity index (χ0) is 22.2. The molecule has 1 saturated carbocycles. The summed E-state index contributed by atoms with van der Waals surface area (Å²) in [6.45, 7) is -0.0981. The topological polar surface area (TPSA) is 117 Å². The number of halogens is 1. The fraction of sp³-hybridized carbons (Fsp3) is 0.650. The second-order valence-corrected chi connectivity index (χ2v) is 10.4. The number of rotatable bonds is 6. The van der Waals surface area contributed by atoms with Crippen LogP contribution in [0.25, 0.3) is 11.0 Å². The maximum Gasteiger partial charge on any atom is 0.255 e. The third-order valence-corrected chi connectivity index (χ3v) is 7.48. The number of fused-ring (bicyclic) bond motifs is 1. The third-order valence-electron chi connectivity index (χ3n) is 6.21. The molecule has 1 aliphatic heterocycles. The molecule has 2 aromatic rings. The number of alkyl halides is 1. The minimum atomic E-state index is -3.43. The number of aliphatic hydroxyl groups is 1. The lowest BCUT2D eigenvalue weighted by molar-refractivity contribution is 0.186. The van der Waals surface area contributed by atoms with Gasteiger partial charge in [-0.3, -0.25) is 9.36 Å². The average Bonchev–Trinajstić information content (AvgIpc) is 3.24. The molecule has 0 aromatic carbocycles. The summed E-state index contributed by atoms with van der Waals surface area (Å²) >= 11 is 0. The van der Waals surface area contributed by atoms with Gasteiger partial charge in [-0.05, 0) is 25.3 Å². The molecule has 2 aromatic heterocycles. The van der Waals surface area contributed by atoms with Gasteiger partial charge in [-0.1, -0.05) is 12.8 Å². The van der Waals surface area contributed by atoms with Crippen LogP contribution in [0.1, 0.15) is 43.7 Å². The normalized spacial score (nSPS) is 23.5. The number of piperidine rings is 1. The Balaban J connectivity index is 1.65. The van der Waals surface area contributed by atoms with Gasteiger partial charge in [-0.15, -0.1) is 0 Å². The summed E-state index contributed by atoms with van der Waals surface area (Å²) in [5.74, 6) is 0.217. The molecule has 3 heterocycles. The highest BCUT2D eigenvalue weighted by Gasteiger charge is 2.33. The highest BCUT2D eigenvalue weighted by Crippen LogP contribution is 2.31. The van der Waals surface area contributed by atoms with Gasteiger partial charge in [0.2, 0.25) is 16.0 Å². The first-order valence-corrected chi connectivity index (χ1v) is 12.5. The molecule has 4 rings (SSSR count). The Morgan fingerprint density at radius 1 is 1.29 bits per heavy atom. The van der Waals surface area contributed by atoms with E-state index in [1.165, 1.54) is 0 Å². The fourth-order valence-electron chi connectivity index (χ4n) is 4.55. The van der Waals surface area contributed by atoms with E-state index in [9.17, 15) is 22.7 Å². The minimum absolute atomic E-state index is 0.0447. The number of aromatic nitrogens is 3. The van der Waals surface area contributed by atoms with E-state index < -0.39 is 22.2 Å². The second kappa shape index (κ2) is 8.79. The number of nitrogens with zero attached hydrogens (tertiary/aromatic N) is 4. The van der Waals surface area contributed by atoms with E-state index in [4.69, 9.17) is 0 Å². The van der Waals surface area contributed by atoms with Crippen molar-refractivity contribution in [2.75, 3.05) is 31.3 Å². The minimum Gasteiger partial charge on any atom is -0.396 e.